The van der Waals surface area contributed by atoms with Crippen molar-refractivity contribution in [3.63, 3.8) is 0 Å². The first kappa shape index (κ1) is 19.2. The molecule has 0 aromatic heterocycles. The predicted molar refractivity (Wildman–Crippen MR) is 106 cm³/mol. The van der Waals surface area contributed by atoms with E-state index in [9.17, 15) is 8.42 Å². The molecule has 0 aliphatic carbocycles. The van der Waals surface area contributed by atoms with E-state index in [-0.39, 0.29) is 6.04 Å². The normalized spacial score (nSPS) is 18.9. The number of ether oxygens (including phenoxy) is 1. The Hall–Kier alpha value is -1.59. The Morgan fingerprint density at radius 1 is 1.08 bits per heavy atom. The van der Waals surface area contributed by atoms with E-state index in [4.69, 9.17) is 4.74 Å². The first-order valence-corrected chi connectivity index (χ1v) is 11.2. The second-order valence-electron chi connectivity index (χ2n) is 6.98. The second kappa shape index (κ2) is 8.40. The molecule has 1 fully saturated rings. The van der Waals surface area contributed by atoms with Crippen molar-refractivity contribution in [2.45, 2.75) is 63.3 Å². The van der Waals surface area contributed by atoms with Gasteiger partial charge in [0.1, 0.15) is 5.75 Å². The minimum absolute atomic E-state index is 0.105. The van der Waals surface area contributed by atoms with Gasteiger partial charge in [0.25, 0.3) is 0 Å². The molecule has 0 saturated carbocycles. The largest absolute Gasteiger partial charge is 0.493 e. The van der Waals surface area contributed by atoms with E-state index in [2.05, 4.69) is 13.8 Å². The Labute approximate surface area is 157 Å². The summed E-state index contributed by atoms with van der Waals surface area (Å²) < 4.78 is 34.5. The van der Waals surface area contributed by atoms with E-state index in [0.717, 1.165) is 55.0 Å². The van der Waals surface area contributed by atoms with Crippen LogP contribution in [0.25, 0.3) is 10.8 Å². The standard InChI is InChI=1S/C21H29NO3S/c1-3-5-16-25-20-13-14-21(19-12-7-6-11-18(19)20)26(23,24)22-15-9-8-10-17(22)4-2/h6-7,11-14,17H,3-5,8-10,15-16H2,1-2H3/t17-/m1/s1. The van der Waals surface area contributed by atoms with Gasteiger partial charge in [0, 0.05) is 23.4 Å². The lowest BCUT2D eigenvalue weighted by Crippen LogP contribution is -2.43. The zero-order chi connectivity index (χ0) is 18.6. The van der Waals surface area contributed by atoms with E-state index in [0.29, 0.717) is 18.0 Å². The highest BCUT2D eigenvalue weighted by molar-refractivity contribution is 7.89. The molecular formula is C21H29NO3S. The highest BCUT2D eigenvalue weighted by Gasteiger charge is 2.33. The summed E-state index contributed by atoms with van der Waals surface area (Å²) in [5, 5.41) is 1.62. The molecule has 142 valence electrons. The molecule has 1 aliphatic heterocycles. The average Bonchev–Trinajstić information content (AvgIpc) is 2.68. The quantitative estimate of drug-likeness (QED) is 0.642. The lowest BCUT2D eigenvalue weighted by atomic mass is 10.0. The molecule has 26 heavy (non-hydrogen) atoms. The zero-order valence-corrected chi connectivity index (χ0v) is 16.6. The Bertz CT molecular complexity index is 847. The fraction of sp³-hybridized carbons (Fsp3) is 0.524. The Morgan fingerprint density at radius 2 is 1.85 bits per heavy atom. The highest BCUT2D eigenvalue weighted by Crippen LogP contribution is 2.35. The molecule has 5 heteroatoms. The maximum Gasteiger partial charge on any atom is 0.243 e. The van der Waals surface area contributed by atoms with Crippen LogP contribution in [0.1, 0.15) is 52.4 Å². The summed E-state index contributed by atoms with van der Waals surface area (Å²) in [6.07, 6.45) is 5.90. The van der Waals surface area contributed by atoms with Crippen LogP contribution in [0.2, 0.25) is 0 Å². The van der Waals surface area contributed by atoms with Gasteiger partial charge in [-0.2, -0.15) is 4.31 Å². The van der Waals surface area contributed by atoms with Crippen molar-refractivity contribution in [1.82, 2.24) is 4.31 Å². The molecule has 1 atom stereocenters. The maximum absolute atomic E-state index is 13.4. The molecule has 2 aromatic rings. The fourth-order valence-corrected chi connectivity index (χ4v) is 5.71. The van der Waals surface area contributed by atoms with Gasteiger partial charge in [-0.05, 0) is 37.8 Å². The average molecular weight is 376 g/mol. The third-order valence-corrected chi connectivity index (χ3v) is 7.24. The zero-order valence-electron chi connectivity index (χ0n) is 15.8. The number of unbranched alkanes of at least 4 members (excludes halogenated alkanes) is 1. The van der Waals surface area contributed by atoms with Crippen LogP contribution >= 0.6 is 0 Å². The van der Waals surface area contributed by atoms with Gasteiger partial charge in [-0.3, -0.25) is 0 Å². The first-order chi connectivity index (χ1) is 12.6. The van der Waals surface area contributed by atoms with Gasteiger partial charge >= 0.3 is 0 Å². The molecule has 0 radical (unpaired) electrons. The monoisotopic (exact) mass is 375 g/mol. The van der Waals surface area contributed by atoms with Crippen molar-refractivity contribution in [2.24, 2.45) is 0 Å². The van der Waals surface area contributed by atoms with Gasteiger partial charge in [-0.1, -0.05) is 51.0 Å². The number of nitrogens with zero attached hydrogens (tertiary/aromatic N) is 1. The van der Waals surface area contributed by atoms with Crippen molar-refractivity contribution in [3.05, 3.63) is 36.4 Å². The number of hydrogen-bond donors (Lipinski definition) is 0. The Balaban J connectivity index is 2.03. The maximum atomic E-state index is 13.4. The second-order valence-corrected chi connectivity index (χ2v) is 8.84. The van der Waals surface area contributed by atoms with Gasteiger partial charge in [-0.15, -0.1) is 0 Å². The van der Waals surface area contributed by atoms with E-state index >= 15 is 0 Å². The van der Waals surface area contributed by atoms with Crippen LogP contribution in [0.15, 0.2) is 41.3 Å². The van der Waals surface area contributed by atoms with Crippen LogP contribution in [0.5, 0.6) is 5.75 Å². The summed E-state index contributed by atoms with van der Waals surface area (Å²) >= 11 is 0. The summed E-state index contributed by atoms with van der Waals surface area (Å²) in [6.45, 7) is 5.46. The number of fused-ring (bicyclic) bond motifs is 1. The van der Waals surface area contributed by atoms with Crippen molar-refractivity contribution in [3.8, 4) is 5.75 Å². The summed E-state index contributed by atoms with van der Waals surface area (Å²) in [5.41, 5.74) is 0. The molecule has 1 heterocycles. The fourth-order valence-electron chi connectivity index (χ4n) is 3.75. The minimum atomic E-state index is -3.51. The van der Waals surface area contributed by atoms with E-state index < -0.39 is 10.0 Å². The summed E-state index contributed by atoms with van der Waals surface area (Å²) in [5.74, 6) is 0.763. The first-order valence-electron chi connectivity index (χ1n) is 9.76. The topological polar surface area (TPSA) is 46.6 Å². The highest BCUT2D eigenvalue weighted by atomic mass is 32.2. The molecule has 0 N–H and O–H groups in total. The van der Waals surface area contributed by atoms with Crippen LogP contribution in [0.4, 0.5) is 0 Å². The van der Waals surface area contributed by atoms with Gasteiger partial charge in [0.15, 0.2) is 0 Å². The minimum Gasteiger partial charge on any atom is -0.493 e. The summed E-state index contributed by atoms with van der Waals surface area (Å²) in [6, 6.07) is 11.3. The molecule has 0 spiro atoms. The number of rotatable bonds is 7. The van der Waals surface area contributed by atoms with Crippen LogP contribution in [-0.4, -0.2) is 31.9 Å². The van der Waals surface area contributed by atoms with Gasteiger partial charge in [-0.25, -0.2) is 8.42 Å². The lowest BCUT2D eigenvalue weighted by molar-refractivity contribution is 0.247. The molecule has 3 rings (SSSR count). The summed E-state index contributed by atoms with van der Waals surface area (Å²) in [7, 11) is -3.51. The molecule has 2 aromatic carbocycles. The third kappa shape index (κ3) is 3.74. The number of benzene rings is 2. The predicted octanol–water partition coefficient (Wildman–Crippen LogP) is 4.97. The third-order valence-electron chi connectivity index (χ3n) is 5.23. The molecule has 1 aliphatic rings. The van der Waals surface area contributed by atoms with Gasteiger partial charge in [0.05, 0.1) is 11.5 Å². The van der Waals surface area contributed by atoms with Crippen molar-refractivity contribution in [1.29, 1.82) is 0 Å². The molecule has 0 bridgehead atoms. The number of hydrogen-bond acceptors (Lipinski definition) is 3. The number of piperidine rings is 1. The Morgan fingerprint density at radius 3 is 2.58 bits per heavy atom. The van der Waals surface area contributed by atoms with Crippen LogP contribution in [0.3, 0.4) is 0 Å². The molecule has 0 unspecified atom stereocenters. The van der Waals surface area contributed by atoms with Crippen LogP contribution in [0, 0.1) is 0 Å². The van der Waals surface area contributed by atoms with Crippen LogP contribution < -0.4 is 4.74 Å². The van der Waals surface area contributed by atoms with Crippen molar-refractivity contribution < 1.29 is 13.2 Å². The summed E-state index contributed by atoms with van der Waals surface area (Å²) in [4.78, 5) is 0.399. The van der Waals surface area contributed by atoms with Crippen LogP contribution in [-0.2, 0) is 10.0 Å². The van der Waals surface area contributed by atoms with Gasteiger partial charge < -0.3 is 4.74 Å². The smallest absolute Gasteiger partial charge is 0.243 e. The molecule has 1 saturated heterocycles. The molecule has 0 amide bonds. The molecule has 4 nitrogen and oxygen atoms in total. The molecular weight excluding hydrogens is 346 g/mol. The van der Waals surface area contributed by atoms with E-state index in [1.54, 1.807) is 10.4 Å². The van der Waals surface area contributed by atoms with Gasteiger partial charge in [0.2, 0.25) is 10.0 Å². The lowest BCUT2D eigenvalue weighted by Gasteiger charge is -2.34. The van der Waals surface area contributed by atoms with Crippen molar-refractivity contribution in [2.75, 3.05) is 13.2 Å². The van der Waals surface area contributed by atoms with E-state index in [1.165, 1.54) is 0 Å². The van der Waals surface area contributed by atoms with Crippen molar-refractivity contribution >= 4 is 20.8 Å². The van der Waals surface area contributed by atoms with E-state index in [1.807, 2.05) is 30.3 Å². The number of sulfonamides is 1. The SMILES string of the molecule is CCCCOc1ccc(S(=O)(=O)N2CCCC[C@H]2CC)c2ccccc12. The Kier molecular flexibility index (Phi) is 6.20.